The molecule has 0 saturated carbocycles. The van der Waals surface area contributed by atoms with Crippen LogP contribution in [0.5, 0.6) is 5.75 Å². The van der Waals surface area contributed by atoms with E-state index < -0.39 is 0 Å². The van der Waals surface area contributed by atoms with Gasteiger partial charge in [-0.05, 0) is 60.0 Å². The Morgan fingerprint density at radius 3 is 2.48 bits per heavy atom. The van der Waals surface area contributed by atoms with Crippen molar-refractivity contribution in [3.05, 3.63) is 100 Å². The van der Waals surface area contributed by atoms with Crippen LogP contribution in [0.15, 0.2) is 78.6 Å². The Bertz CT molecular complexity index is 1140. The third-order valence-corrected chi connectivity index (χ3v) is 5.30. The van der Waals surface area contributed by atoms with Gasteiger partial charge in [-0.15, -0.1) is 0 Å². The zero-order valence-electron chi connectivity index (χ0n) is 17.0. The zero-order chi connectivity index (χ0) is 21.8. The summed E-state index contributed by atoms with van der Waals surface area (Å²) < 4.78 is 5.78. The van der Waals surface area contributed by atoms with E-state index in [9.17, 15) is 9.59 Å². The van der Waals surface area contributed by atoms with Crippen LogP contribution < -0.4 is 15.0 Å². The minimum Gasteiger partial charge on any atom is -0.449 e. The summed E-state index contributed by atoms with van der Waals surface area (Å²) in [6.07, 6.45) is 2.40. The molecule has 0 saturated heterocycles. The van der Waals surface area contributed by atoms with Gasteiger partial charge in [-0.3, -0.25) is 9.59 Å². The normalized spacial score (nSPS) is 14.2. The predicted molar refractivity (Wildman–Crippen MR) is 122 cm³/mol. The second kappa shape index (κ2) is 9.06. The van der Waals surface area contributed by atoms with Gasteiger partial charge >= 0.3 is 0 Å². The van der Waals surface area contributed by atoms with Gasteiger partial charge in [0.25, 0.3) is 11.8 Å². The molecule has 1 heterocycles. The lowest BCUT2D eigenvalue weighted by molar-refractivity contribution is -0.117. The highest BCUT2D eigenvalue weighted by atomic mass is 35.5. The first kappa shape index (κ1) is 20.7. The number of nitrogens with zero attached hydrogens (tertiary/aromatic N) is 1. The number of likely N-dealkylation sites (N-methyl/N-ethyl adjacent to an activating group) is 1. The molecular weight excluding hydrogens is 412 g/mol. The van der Waals surface area contributed by atoms with Crippen molar-refractivity contribution in [3.63, 3.8) is 0 Å². The lowest BCUT2D eigenvalue weighted by atomic mass is 10.1. The molecule has 1 N–H and O–H groups in total. The number of benzene rings is 3. The van der Waals surface area contributed by atoms with Crippen LogP contribution in [0.1, 0.15) is 21.5 Å². The van der Waals surface area contributed by atoms with Crippen molar-refractivity contribution >= 4 is 35.2 Å². The minimum absolute atomic E-state index is 0.146. The molecule has 0 fully saturated rings. The number of rotatable bonds is 5. The molecule has 1 aliphatic heterocycles. The first-order valence-electron chi connectivity index (χ1n) is 9.90. The van der Waals surface area contributed by atoms with Crippen LogP contribution in [0.2, 0.25) is 5.02 Å². The average Bonchev–Trinajstić information content (AvgIpc) is 2.79. The van der Waals surface area contributed by atoms with Gasteiger partial charge in [0.1, 0.15) is 0 Å². The van der Waals surface area contributed by atoms with Crippen LogP contribution in [0.25, 0.3) is 6.08 Å². The molecule has 1 aliphatic rings. The zero-order valence-corrected chi connectivity index (χ0v) is 17.7. The van der Waals surface area contributed by atoms with E-state index in [1.807, 2.05) is 48.5 Å². The lowest BCUT2D eigenvalue weighted by Gasteiger charge is -2.27. The highest BCUT2D eigenvalue weighted by Gasteiger charge is 2.27. The standard InChI is InChI=1S/C25H21ClN2O3/c1-28-21-4-2-3-5-22(21)31-23(25(28)30)16-18-6-10-19(11-7-18)24(29)27-15-14-17-8-12-20(26)13-9-17/h2-13,16H,14-15H2,1H3,(H,27,29). The maximum Gasteiger partial charge on any atom is 0.293 e. The molecule has 0 atom stereocenters. The van der Waals surface area contributed by atoms with Crippen molar-refractivity contribution < 1.29 is 14.3 Å². The van der Waals surface area contributed by atoms with E-state index in [0.29, 0.717) is 22.9 Å². The highest BCUT2D eigenvalue weighted by Crippen LogP contribution is 2.34. The van der Waals surface area contributed by atoms with Crippen molar-refractivity contribution in [2.45, 2.75) is 6.42 Å². The van der Waals surface area contributed by atoms with Gasteiger partial charge in [0.2, 0.25) is 0 Å². The van der Waals surface area contributed by atoms with Gasteiger partial charge in [0.15, 0.2) is 11.5 Å². The molecule has 156 valence electrons. The number of nitrogens with one attached hydrogen (secondary N) is 1. The van der Waals surface area contributed by atoms with E-state index >= 15 is 0 Å². The molecule has 0 aromatic heterocycles. The molecule has 3 aromatic rings. The summed E-state index contributed by atoms with van der Waals surface area (Å²) in [7, 11) is 1.72. The first-order valence-corrected chi connectivity index (χ1v) is 10.3. The molecule has 0 aliphatic carbocycles. The number of hydrogen-bond acceptors (Lipinski definition) is 3. The Labute approximate surface area is 185 Å². The second-order valence-corrected chi connectivity index (χ2v) is 7.63. The molecule has 31 heavy (non-hydrogen) atoms. The summed E-state index contributed by atoms with van der Waals surface area (Å²) in [6, 6.07) is 22.0. The Morgan fingerprint density at radius 1 is 1.03 bits per heavy atom. The molecule has 5 nitrogen and oxygen atoms in total. The maximum absolute atomic E-state index is 12.6. The van der Waals surface area contributed by atoms with Crippen LogP contribution >= 0.6 is 11.6 Å². The quantitative estimate of drug-likeness (QED) is 0.594. The second-order valence-electron chi connectivity index (χ2n) is 7.20. The Kier molecular flexibility index (Phi) is 6.05. The molecule has 2 amide bonds. The monoisotopic (exact) mass is 432 g/mol. The van der Waals surface area contributed by atoms with Gasteiger partial charge in [0.05, 0.1) is 5.69 Å². The van der Waals surface area contributed by atoms with Crippen LogP contribution in [-0.4, -0.2) is 25.4 Å². The molecular formula is C25H21ClN2O3. The molecule has 6 heteroatoms. The first-order chi connectivity index (χ1) is 15.0. The number of anilines is 1. The van der Waals surface area contributed by atoms with E-state index in [-0.39, 0.29) is 17.6 Å². The number of carbonyl (C=O) groups excluding carboxylic acids is 2. The largest absolute Gasteiger partial charge is 0.449 e. The number of amides is 2. The van der Waals surface area contributed by atoms with Crippen molar-refractivity contribution in [3.8, 4) is 5.75 Å². The number of fused-ring (bicyclic) bond motifs is 1. The molecule has 0 unspecified atom stereocenters. The van der Waals surface area contributed by atoms with Crippen LogP contribution in [0.3, 0.4) is 0 Å². The van der Waals surface area contributed by atoms with Crippen LogP contribution in [-0.2, 0) is 11.2 Å². The van der Waals surface area contributed by atoms with Gasteiger partial charge in [-0.1, -0.05) is 48.0 Å². The average molecular weight is 433 g/mol. The van der Waals surface area contributed by atoms with E-state index in [0.717, 1.165) is 23.2 Å². The molecule has 4 rings (SSSR count). The van der Waals surface area contributed by atoms with Crippen molar-refractivity contribution in [1.82, 2.24) is 5.32 Å². The Morgan fingerprint density at radius 2 is 1.74 bits per heavy atom. The van der Waals surface area contributed by atoms with Gasteiger partial charge in [-0.25, -0.2) is 0 Å². The number of carbonyl (C=O) groups is 2. The summed E-state index contributed by atoms with van der Waals surface area (Å²) in [5.41, 5.74) is 3.16. The molecule has 0 spiro atoms. The summed E-state index contributed by atoms with van der Waals surface area (Å²) in [5, 5.41) is 3.61. The number of halogens is 1. The third-order valence-electron chi connectivity index (χ3n) is 5.05. The fourth-order valence-corrected chi connectivity index (χ4v) is 3.43. The van der Waals surface area contributed by atoms with Crippen molar-refractivity contribution in [2.24, 2.45) is 0 Å². The fraction of sp³-hybridized carbons (Fsp3) is 0.120. The molecule has 3 aromatic carbocycles. The van der Waals surface area contributed by atoms with Gasteiger partial charge in [0, 0.05) is 24.2 Å². The van der Waals surface area contributed by atoms with E-state index in [2.05, 4.69) is 5.32 Å². The summed E-state index contributed by atoms with van der Waals surface area (Å²) in [5.74, 6) is 0.503. The van der Waals surface area contributed by atoms with E-state index in [4.69, 9.17) is 16.3 Å². The predicted octanol–water partition coefficient (Wildman–Crippen LogP) is 4.71. The van der Waals surface area contributed by atoms with E-state index in [1.165, 1.54) is 0 Å². The summed E-state index contributed by atoms with van der Waals surface area (Å²) >= 11 is 5.89. The van der Waals surface area contributed by atoms with Gasteiger partial charge < -0.3 is 15.0 Å². The summed E-state index contributed by atoms with van der Waals surface area (Å²) in [4.78, 5) is 26.5. The third kappa shape index (κ3) is 4.78. The Hall–Kier alpha value is -3.57. The van der Waals surface area contributed by atoms with Gasteiger partial charge in [-0.2, -0.15) is 0 Å². The van der Waals surface area contributed by atoms with Crippen molar-refractivity contribution in [2.75, 3.05) is 18.5 Å². The summed E-state index contributed by atoms with van der Waals surface area (Å²) in [6.45, 7) is 0.528. The lowest BCUT2D eigenvalue weighted by Crippen LogP contribution is -2.33. The molecule has 0 bridgehead atoms. The topological polar surface area (TPSA) is 58.6 Å². The SMILES string of the molecule is CN1C(=O)C(=Cc2ccc(C(=O)NCCc3ccc(Cl)cc3)cc2)Oc2ccccc21. The fourth-order valence-electron chi connectivity index (χ4n) is 3.30. The Balaban J connectivity index is 1.39. The smallest absolute Gasteiger partial charge is 0.293 e. The number of ether oxygens (including phenoxy) is 1. The number of hydrogen-bond donors (Lipinski definition) is 1. The molecule has 0 radical (unpaired) electrons. The van der Waals surface area contributed by atoms with E-state index in [1.54, 1.807) is 42.3 Å². The minimum atomic E-state index is -0.220. The van der Waals surface area contributed by atoms with Crippen LogP contribution in [0, 0.1) is 0 Å². The van der Waals surface area contributed by atoms with Crippen molar-refractivity contribution in [1.29, 1.82) is 0 Å². The van der Waals surface area contributed by atoms with Crippen LogP contribution in [0.4, 0.5) is 5.69 Å². The highest BCUT2D eigenvalue weighted by molar-refractivity contribution is 6.30. The number of para-hydroxylation sites is 2. The maximum atomic E-state index is 12.6.